The van der Waals surface area contributed by atoms with E-state index in [0.29, 0.717) is 30.1 Å². The highest BCUT2D eigenvalue weighted by Crippen LogP contribution is 2.31. The normalized spacial score (nSPS) is 13.3. The van der Waals surface area contributed by atoms with Crippen molar-refractivity contribution < 1.29 is 9.90 Å². The van der Waals surface area contributed by atoms with Crippen molar-refractivity contribution in [2.45, 2.75) is 33.0 Å². The number of benzene rings is 1. The van der Waals surface area contributed by atoms with Crippen LogP contribution >= 0.6 is 11.6 Å². The molecule has 180 valence electrons. The fourth-order valence-electron chi connectivity index (χ4n) is 4.55. The second-order valence-electron chi connectivity index (χ2n) is 8.72. The van der Waals surface area contributed by atoms with E-state index in [2.05, 4.69) is 16.4 Å². The van der Waals surface area contributed by atoms with E-state index in [0.717, 1.165) is 16.7 Å². The summed E-state index contributed by atoms with van der Waals surface area (Å²) in [6, 6.07) is 14.5. The zero-order valence-electron chi connectivity index (χ0n) is 19.5. The number of aryl methyl sites for hydroxylation is 1. The van der Waals surface area contributed by atoms with Crippen LogP contribution in [0.3, 0.4) is 0 Å². The van der Waals surface area contributed by atoms with Crippen LogP contribution in [0.2, 0.25) is 5.15 Å². The average Bonchev–Trinajstić information content (AvgIpc) is 3.29. The highest BCUT2D eigenvalue weighted by molar-refractivity contribution is 6.29. The lowest BCUT2D eigenvalue weighted by atomic mass is 10.1. The van der Waals surface area contributed by atoms with Crippen molar-refractivity contribution in [3.63, 3.8) is 0 Å². The molecule has 1 aromatic carbocycles. The van der Waals surface area contributed by atoms with Crippen LogP contribution in [0, 0.1) is 18.3 Å². The number of aromatic nitrogens is 3. The first-order chi connectivity index (χ1) is 17.3. The van der Waals surface area contributed by atoms with E-state index < -0.39 is 17.6 Å². The summed E-state index contributed by atoms with van der Waals surface area (Å²) in [4.78, 5) is 35.8. The summed E-state index contributed by atoms with van der Waals surface area (Å²) in [6.45, 7) is 4.76. The summed E-state index contributed by atoms with van der Waals surface area (Å²) in [7, 11) is 0. The number of pyridine rings is 2. The third-order valence-corrected chi connectivity index (χ3v) is 6.44. The summed E-state index contributed by atoms with van der Waals surface area (Å²) in [6.07, 6.45) is 1.65. The molecule has 1 aliphatic heterocycles. The van der Waals surface area contributed by atoms with Crippen molar-refractivity contribution in [3.8, 4) is 6.07 Å². The van der Waals surface area contributed by atoms with Gasteiger partial charge in [-0.25, -0.2) is 14.8 Å². The minimum atomic E-state index is -1.22. The molecule has 0 fully saturated rings. The first-order valence-corrected chi connectivity index (χ1v) is 11.6. The zero-order chi connectivity index (χ0) is 25.6. The maximum absolute atomic E-state index is 13.4. The van der Waals surface area contributed by atoms with Gasteiger partial charge in [-0.3, -0.25) is 9.20 Å². The smallest absolute Gasteiger partial charge is 0.356 e. The standard InChI is InChI=1S/C26H21ClN6O3/c1-14-9-18(15(2)29-20-7-8-21(27)30-22(20)26(35)36)24-31-23(19(10-28)25(34)33(24)11-14)32-12-16-5-3-4-6-17(16)13-32/h3-9,11,15,29H,12-13H2,1-2H3,(H,35,36)/t15-/m1/s1. The SMILES string of the molecule is Cc1cc([C@@H](C)Nc2ccc(Cl)nc2C(=O)O)c2nc(N3Cc4ccccc4C3)c(C#N)c(=O)n2c1. The van der Waals surface area contributed by atoms with Gasteiger partial charge in [0.25, 0.3) is 5.56 Å². The van der Waals surface area contributed by atoms with E-state index in [1.54, 1.807) is 12.3 Å². The molecule has 0 spiro atoms. The Kier molecular flexibility index (Phi) is 5.82. The van der Waals surface area contributed by atoms with Gasteiger partial charge in [0.2, 0.25) is 0 Å². The van der Waals surface area contributed by atoms with Gasteiger partial charge < -0.3 is 15.3 Å². The van der Waals surface area contributed by atoms with Crippen LogP contribution < -0.4 is 15.8 Å². The fourth-order valence-corrected chi connectivity index (χ4v) is 4.70. The number of aromatic carboxylic acids is 1. The predicted octanol–water partition coefficient (Wildman–Crippen LogP) is 4.31. The molecule has 0 saturated heterocycles. The second-order valence-corrected chi connectivity index (χ2v) is 9.11. The van der Waals surface area contributed by atoms with Crippen LogP contribution in [0.1, 0.15) is 51.3 Å². The quantitative estimate of drug-likeness (QED) is 0.388. The molecular formula is C26H21ClN6O3. The predicted molar refractivity (Wildman–Crippen MR) is 135 cm³/mol. The van der Waals surface area contributed by atoms with Crippen molar-refractivity contribution in [1.29, 1.82) is 5.26 Å². The summed E-state index contributed by atoms with van der Waals surface area (Å²) in [5.41, 5.74) is 3.68. The topological polar surface area (TPSA) is 124 Å². The van der Waals surface area contributed by atoms with Gasteiger partial charge in [0, 0.05) is 24.8 Å². The van der Waals surface area contributed by atoms with Crippen LogP contribution in [0.5, 0.6) is 0 Å². The van der Waals surface area contributed by atoms with E-state index in [-0.39, 0.29) is 22.1 Å². The van der Waals surface area contributed by atoms with Gasteiger partial charge in [0.05, 0.1) is 11.7 Å². The van der Waals surface area contributed by atoms with E-state index in [1.165, 1.54) is 10.5 Å². The summed E-state index contributed by atoms with van der Waals surface area (Å²) >= 11 is 5.89. The number of carboxylic acids is 1. The van der Waals surface area contributed by atoms with Crippen LogP contribution in [0.4, 0.5) is 11.5 Å². The molecule has 10 heteroatoms. The molecule has 0 radical (unpaired) electrons. The Balaban J connectivity index is 1.63. The maximum atomic E-state index is 13.4. The highest BCUT2D eigenvalue weighted by atomic mass is 35.5. The van der Waals surface area contributed by atoms with Gasteiger partial charge in [-0.05, 0) is 48.7 Å². The van der Waals surface area contributed by atoms with Gasteiger partial charge in [0.15, 0.2) is 17.1 Å². The number of hydrogen-bond acceptors (Lipinski definition) is 7. The number of anilines is 2. The lowest BCUT2D eigenvalue weighted by Gasteiger charge is -2.22. The van der Waals surface area contributed by atoms with Gasteiger partial charge in [-0.2, -0.15) is 5.26 Å². The molecule has 1 aliphatic rings. The number of nitrogens with zero attached hydrogens (tertiary/aromatic N) is 5. The fraction of sp³-hybridized carbons (Fsp3) is 0.192. The zero-order valence-corrected chi connectivity index (χ0v) is 20.2. The molecular weight excluding hydrogens is 480 g/mol. The lowest BCUT2D eigenvalue weighted by molar-refractivity contribution is 0.0691. The van der Waals surface area contributed by atoms with Crippen molar-refractivity contribution in [1.82, 2.24) is 14.4 Å². The Morgan fingerprint density at radius 2 is 1.89 bits per heavy atom. The molecule has 4 heterocycles. The third-order valence-electron chi connectivity index (χ3n) is 6.22. The number of rotatable bonds is 5. The minimum Gasteiger partial charge on any atom is -0.476 e. The molecule has 9 nitrogen and oxygen atoms in total. The summed E-state index contributed by atoms with van der Waals surface area (Å²) < 4.78 is 1.38. The molecule has 3 aromatic heterocycles. The van der Waals surface area contributed by atoms with E-state index in [4.69, 9.17) is 16.6 Å². The van der Waals surface area contributed by atoms with Gasteiger partial charge in [0.1, 0.15) is 16.9 Å². The van der Waals surface area contributed by atoms with Crippen LogP contribution in [0.15, 0.2) is 53.5 Å². The number of carbonyl (C=O) groups is 1. The second kappa shape index (κ2) is 8.98. The monoisotopic (exact) mass is 500 g/mol. The summed E-state index contributed by atoms with van der Waals surface area (Å²) in [5.74, 6) is -0.888. The largest absolute Gasteiger partial charge is 0.476 e. The number of nitriles is 1. The molecule has 1 atom stereocenters. The Hall–Kier alpha value is -4.42. The number of nitrogens with one attached hydrogen (secondary N) is 1. The van der Waals surface area contributed by atoms with Gasteiger partial charge in [-0.15, -0.1) is 0 Å². The molecule has 0 amide bonds. The molecule has 0 unspecified atom stereocenters. The minimum absolute atomic E-state index is 0.0208. The van der Waals surface area contributed by atoms with Crippen molar-refractivity contribution in [3.05, 3.63) is 97.7 Å². The van der Waals surface area contributed by atoms with Crippen molar-refractivity contribution >= 4 is 34.7 Å². The van der Waals surface area contributed by atoms with Crippen molar-refractivity contribution in [2.75, 3.05) is 10.2 Å². The molecule has 2 N–H and O–H groups in total. The first-order valence-electron chi connectivity index (χ1n) is 11.2. The molecule has 0 aliphatic carbocycles. The van der Waals surface area contributed by atoms with E-state index in [1.807, 2.05) is 49.1 Å². The van der Waals surface area contributed by atoms with E-state index >= 15 is 0 Å². The Morgan fingerprint density at radius 1 is 1.19 bits per heavy atom. The number of halogens is 1. The maximum Gasteiger partial charge on any atom is 0.356 e. The number of carboxylic acid groups (broad SMARTS) is 1. The van der Waals surface area contributed by atoms with E-state index in [9.17, 15) is 20.0 Å². The molecule has 0 saturated carbocycles. The lowest BCUT2D eigenvalue weighted by Crippen LogP contribution is -2.27. The molecule has 36 heavy (non-hydrogen) atoms. The Morgan fingerprint density at radius 3 is 2.53 bits per heavy atom. The van der Waals surface area contributed by atoms with Gasteiger partial charge >= 0.3 is 5.97 Å². The molecule has 4 aromatic rings. The average molecular weight is 501 g/mol. The van der Waals surface area contributed by atoms with Crippen LogP contribution in [0.25, 0.3) is 5.65 Å². The Labute approximate surface area is 211 Å². The van der Waals surface area contributed by atoms with Crippen LogP contribution in [-0.4, -0.2) is 25.4 Å². The highest BCUT2D eigenvalue weighted by Gasteiger charge is 2.26. The van der Waals surface area contributed by atoms with Crippen LogP contribution in [-0.2, 0) is 13.1 Å². The third kappa shape index (κ3) is 4.01. The van der Waals surface area contributed by atoms with Crippen molar-refractivity contribution in [2.24, 2.45) is 0 Å². The number of hydrogen-bond donors (Lipinski definition) is 2. The number of fused-ring (bicyclic) bond motifs is 2. The molecule has 0 bridgehead atoms. The molecule has 5 rings (SSSR count). The Bertz CT molecular complexity index is 1620. The van der Waals surface area contributed by atoms with Gasteiger partial charge in [-0.1, -0.05) is 35.9 Å². The summed E-state index contributed by atoms with van der Waals surface area (Å²) in [5, 5.41) is 22.7. The first kappa shape index (κ1) is 23.3.